The van der Waals surface area contributed by atoms with Crippen LogP contribution in [0.25, 0.3) is 21.8 Å². The molecule has 0 unspecified atom stereocenters. The van der Waals surface area contributed by atoms with Gasteiger partial charge >= 0.3 is 0 Å². The quantitative estimate of drug-likeness (QED) is 0.328. The molecule has 196 valence electrons. The highest BCUT2D eigenvalue weighted by molar-refractivity contribution is 7.90. The number of hydrogen-bond acceptors (Lipinski definition) is 7. The molecular formula is C30H27N5O3S. The van der Waals surface area contributed by atoms with Crippen molar-refractivity contribution in [1.82, 2.24) is 18.8 Å². The van der Waals surface area contributed by atoms with Gasteiger partial charge in [-0.15, -0.1) is 0 Å². The molecule has 0 saturated carbocycles. The van der Waals surface area contributed by atoms with E-state index in [0.717, 1.165) is 35.1 Å². The molecule has 0 amide bonds. The van der Waals surface area contributed by atoms with Gasteiger partial charge in [-0.2, -0.15) is 0 Å². The van der Waals surface area contributed by atoms with Crippen LogP contribution in [0.5, 0.6) is 0 Å². The van der Waals surface area contributed by atoms with Crippen LogP contribution in [0.1, 0.15) is 18.7 Å². The Kier molecular flexibility index (Phi) is 6.31. The fraction of sp³-hybridized carbons (Fsp3) is 0.200. The minimum Gasteiger partial charge on any atom is -0.377 e. The summed E-state index contributed by atoms with van der Waals surface area (Å²) in [6.07, 6.45) is 2.72. The molecule has 2 aromatic heterocycles. The highest BCUT2D eigenvalue weighted by Gasteiger charge is 2.29. The van der Waals surface area contributed by atoms with E-state index in [-0.39, 0.29) is 4.90 Å². The standard InChI is InChI=1S/C30H27N5O3S/c1-34-19-16-30(36,17-20-34)15-13-28-32-26-10-6-5-9-25(26)29(33-28)31-23-11-12-27-22(21-23)14-18-35(27)39(37,38)24-7-3-2-4-8-24/h2-12,14,18,21,36H,16-17,19-20H2,1H3,(H,31,32,33). The van der Waals surface area contributed by atoms with Gasteiger partial charge in [-0.1, -0.05) is 36.3 Å². The Labute approximate surface area is 227 Å². The maximum Gasteiger partial charge on any atom is 0.268 e. The Morgan fingerprint density at radius 1 is 0.949 bits per heavy atom. The normalized spacial score (nSPS) is 15.6. The molecule has 0 radical (unpaired) electrons. The van der Waals surface area contributed by atoms with Gasteiger partial charge in [-0.3, -0.25) is 0 Å². The first-order valence-electron chi connectivity index (χ1n) is 12.7. The van der Waals surface area contributed by atoms with E-state index in [4.69, 9.17) is 0 Å². The highest BCUT2D eigenvalue weighted by atomic mass is 32.2. The summed E-state index contributed by atoms with van der Waals surface area (Å²) in [5.74, 6) is 6.92. The van der Waals surface area contributed by atoms with E-state index in [0.29, 0.717) is 30.0 Å². The molecule has 2 N–H and O–H groups in total. The van der Waals surface area contributed by atoms with Gasteiger partial charge in [0.05, 0.1) is 15.9 Å². The Hall–Kier alpha value is -4.23. The van der Waals surface area contributed by atoms with Crippen molar-refractivity contribution in [3.8, 4) is 11.8 Å². The average molecular weight is 538 g/mol. The molecule has 39 heavy (non-hydrogen) atoms. The number of para-hydroxylation sites is 1. The molecule has 1 saturated heterocycles. The number of likely N-dealkylation sites (tertiary alicyclic amines) is 1. The minimum absolute atomic E-state index is 0.232. The number of anilines is 2. The number of benzene rings is 3. The Bertz CT molecular complexity index is 1850. The summed E-state index contributed by atoms with van der Waals surface area (Å²) >= 11 is 0. The number of rotatable bonds is 4. The van der Waals surface area contributed by atoms with Crippen molar-refractivity contribution < 1.29 is 13.5 Å². The molecule has 6 rings (SSSR count). The number of fused-ring (bicyclic) bond motifs is 2. The third-order valence-electron chi connectivity index (χ3n) is 7.04. The van der Waals surface area contributed by atoms with Crippen LogP contribution in [-0.2, 0) is 10.0 Å². The molecule has 1 aliphatic rings. The Balaban J connectivity index is 1.34. The van der Waals surface area contributed by atoms with Crippen LogP contribution in [0.15, 0.2) is 90.0 Å². The minimum atomic E-state index is -3.71. The zero-order valence-corrected chi connectivity index (χ0v) is 22.2. The van der Waals surface area contributed by atoms with E-state index in [1.54, 1.807) is 48.7 Å². The van der Waals surface area contributed by atoms with E-state index in [1.807, 2.05) is 43.4 Å². The molecule has 8 nitrogen and oxygen atoms in total. The summed E-state index contributed by atoms with van der Waals surface area (Å²) in [4.78, 5) is 11.7. The topological polar surface area (TPSA) is 100 Å². The van der Waals surface area contributed by atoms with Crippen LogP contribution in [0, 0.1) is 11.8 Å². The van der Waals surface area contributed by atoms with Gasteiger partial charge in [-0.25, -0.2) is 22.4 Å². The number of nitrogens with one attached hydrogen (secondary N) is 1. The van der Waals surface area contributed by atoms with Crippen molar-refractivity contribution in [3.05, 3.63) is 90.9 Å². The van der Waals surface area contributed by atoms with Crippen molar-refractivity contribution in [2.24, 2.45) is 0 Å². The van der Waals surface area contributed by atoms with Crippen LogP contribution in [-0.4, -0.2) is 58.1 Å². The zero-order chi connectivity index (χ0) is 27.0. The summed E-state index contributed by atoms with van der Waals surface area (Å²) < 4.78 is 27.7. The molecule has 0 aliphatic carbocycles. The second-order valence-corrected chi connectivity index (χ2v) is 11.6. The summed E-state index contributed by atoms with van der Waals surface area (Å²) in [6, 6.07) is 23.3. The lowest BCUT2D eigenvalue weighted by Crippen LogP contribution is -2.41. The highest BCUT2D eigenvalue weighted by Crippen LogP contribution is 2.29. The van der Waals surface area contributed by atoms with Gasteiger partial charge in [0.2, 0.25) is 5.82 Å². The van der Waals surface area contributed by atoms with E-state index in [9.17, 15) is 13.5 Å². The second kappa shape index (κ2) is 9.82. The number of piperidine rings is 1. The van der Waals surface area contributed by atoms with Gasteiger partial charge in [0, 0.05) is 48.6 Å². The van der Waals surface area contributed by atoms with Crippen molar-refractivity contribution in [1.29, 1.82) is 0 Å². The molecule has 3 aromatic carbocycles. The van der Waals surface area contributed by atoms with Crippen molar-refractivity contribution in [3.63, 3.8) is 0 Å². The Morgan fingerprint density at radius 3 is 2.49 bits per heavy atom. The van der Waals surface area contributed by atoms with Gasteiger partial charge in [0.25, 0.3) is 10.0 Å². The first kappa shape index (κ1) is 25.1. The lowest BCUT2D eigenvalue weighted by atomic mass is 9.92. The van der Waals surface area contributed by atoms with Crippen LogP contribution < -0.4 is 5.32 Å². The molecule has 3 heterocycles. The summed E-state index contributed by atoms with van der Waals surface area (Å²) in [5, 5.41) is 15.8. The molecule has 1 fully saturated rings. The van der Waals surface area contributed by atoms with Gasteiger partial charge in [-0.05, 0) is 61.5 Å². The fourth-order valence-corrected chi connectivity index (χ4v) is 6.14. The van der Waals surface area contributed by atoms with E-state index < -0.39 is 15.6 Å². The maximum absolute atomic E-state index is 13.2. The Morgan fingerprint density at radius 2 is 1.69 bits per heavy atom. The number of aliphatic hydroxyl groups is 1. The van der Waals surface area contributed by atoms with Gasteiger partial charge < -0.3 is 15.3 Å². The number of hydrogen-bond donors (Lipinski definition) is 2. The summed E-state index contributed by atoms with van der Waals surface area (Å²) in [7, 11) is -1.68. The first-order chi connectivity index (χ1) is 18.8. The lowest BCUT2D eigenvalue weighted by molar-refractivity contribution is 0.0350. The molecule has 0 spiro atoms. The SMILES string of the molecule is CN1CCC(O)(C#Cc2nc(Nc3ccc4c(ccn4S(=O)(=O)c4ccccc4)c3)c3ccccc3n2)CC1. The van der Waals surface area contributed by atoms with Crippen LogP contribution >= 0.6 is 0 Å². The van der Waals surface area contributed by atoms with Crippen molar-refractivity contribution in [2.45, 2.75) is 23.3 Å². The predicted octanol–water partition coefficient (Wildman–Crippen LogP) is 4.37. The molecule has 1 aliphatic heterocycles. The monoisotopic (exact) mass is 537 g/mol. The van der Waals surface area contributed by atoms with Crippen LogP contribution in [0.3, 0.4) is 0 Å². The molecular weight excluding hydrogens is 510 g/mol. The van der Waals surface area contributed by atoms with Crippen LogP contribution in [0.2, 0.25) is 0 Å². The van der Waals surface area contributed by atoms with Crippen molar-refractivity contribution in [2.75, 3.05) is 25.5 Å². The molecule has 5 aromatic rings. The zero-order valence-electron chi connectivity index (χ0n) is 21.4. The summed E-state index contributed by atoms with van der Waals surface area (Å²) in [6.45, 7) is 1.57. The predicted molar refractivity (Wildman–Crippen MR) is 152 cm³/mol. The number of aromatic nitrogens is 3. The average Bonchev–Trinajstić information content (AvgIpc) is 3.39. The maximum atomic E-state index is 13.2. The van der Waals surface area contributed by atoms with E-state index >= 15 is 0 Å². The molecule has 9 heteroatoms. The molecule has 0 atom stereocenters. The number of nitrogens with zero attached hydrogens (tertiary/aromatic N) is 4. The van der Waals surface area contributed by atoms with Gasteiger partial charge in [0.1, 0.15) is 11.4 Å². The van der Waals surface area contributed by atoms with Crippen molar-refractivity contribution >= 4 is 43.3 Å². The third kappa shape index (κ3) is 4.98. The van der Waals surface area contributed by atoms with Gasteiger partial charge in [0.15, 0.2) is 0 Å². The summed E-state index contributed by atoms with van der Waals surface area (Å²) in [5.41, 5.74) is 1.01. The van der Waals surface area contributed by atoms with E-state index in [1.165, 1.54) is 3.97 Å². The second-order valence-electron chi connectivity index (χ2n) is 9.83. The largest absolute Gasteiger partial charge is 0.377 e. The first-order valence-corrected chi connectivity index (χ1v) is 14.1. The van der Waals surface area contributed by atoms with Crippen LogP contribution in [0.4, 0.5) is 11.5 Å². The molecule has 0 bridgehead atoms. The lowest BCUT2D eigenvalue weighted by Gasteiger charge is -2.32. The van der Waals surface area contributed by atoms with E-state index in [2.05, 4.69) is 32.0 Å². The third-order valence-corrected chi connectivity index (χ3v) is 8.75. The smallest absolute Gasteiger partial charge is 0.268 e. The fourth-order valence-electron chi connectivity index (χ4n) is 4.76.